The monoisotopic (exact) mass is 329 g/mol. The van der Waals surface area contributed by atoms with Crippen molar-refractivity contribution < 1.29 is 8.42 Å². The molecule has 21 heavy (non-hydrogen) atoms. The first-order chi connectivity index (χ1) is 10.0. The Hall–Kier alpha value is -1.29. The third-order valence-corrected chi connectivity index (χ3v) is 5.09. The molecule has 0 saturated heterocycles. The minimum atomic E-state index is -3.51. The Morgan fingerprint density at radius 2 is 2.19 bits per heavy atom. The van der Waals surface area contributed by atoms with E-state index in [1.807, 2.05) is 19.4 Å². The summed E-state index contributed by atoms with van der Waals surface area (Å²) in [4.78, 5) is 4.49. The number of thiazole rings is 1. The topological polar surface area (TPSA) is 88.9 Å². The molecule has 0 aliphatic rings. The maximum atomic E-state index is 12.1. The molecule has 2 heterocycles. The van der Waals surface area contributed by atoms with E-state index in [2.05, 4.69) is 20.1 Å². The highest BCUT2D eigenvalue weighted by Crippen LogP contribution is 2.09. The summed E-state index contributed by atoms with van der Waals surface area (Å²) in [6.45, 7) is 3.62. The van der Waals surface area contributed by atoms with Crippen LogP contribution in [0.25, 0.3) is 0 Å². The number of rotatable bonds is 8. The highest BCUT2D eigenvalue weighted by molar-refractivity contribution is 7.89. The molecule has 0 bridgehead atoms. The minimum Gasteiger partial charge on any atom is -0.318 e. The van der Waals surface area contributed by atoms with Gasteiger partial charge in [-0.2, -0.15) is 5.10 Å². The first-order valence-electron chi connectivity index (χ1n) is 6.59. The lowest BCUT2D eigenvalue weighted by Crippen LogP contribution is -2.25. The van der Waals surface area contributed by atoms with Crippen molar-refractivity contribution in [3.8, 4) is 0 Å². The van der Waals surface area contributed by atoms with Gasteiger partial charge in [-0.05, 0) is 14.0 Å². The fraction of sp³-hybridized carbons (Fsp3) is 0.500. The Kier molecular flexibility index (Phi) is 5.45. The van der Waals surface area contributed by atoms with Crippen molar-refractivity contribution in [1.82, 2.24) is 24.8 Å². The molecule has 7 nitrogen and oxygen atoms in total. The van der Waals surface area contributed by atoms with Gasteiger partial charge in [0, 0.05) is 31.1 Å². The molecule has 116 valence electrons. The number of nitrogens with one attached hydrogen (secondary N) is 2. The molecule has 0 fully saturated rings. The molecule has 2 aromatic heterocycles. The lowest BCUT2D eigenvalue weighted by atomic mass is 10.3. The van der Waals surface area contributed by atoms with Crippen LogP contribution < -0.4 is 10.0 Å². The number of aryl methyl sites for hydroxylation is 1. The molecule has 0 radical (unpaired) electrons. The molecule has 0 atom stereocenters. The highest BCUT2D eigenvalue weighted by atomic mass is 32.2. The van der Waals surface area contributed by atoms with Gasteiger partial charge in [-0.25, -0.2) is 18.1 Å². The molecule has 2 rings (SSSR count). The van der Waals surface area contributed by atoms with Crippen LogP contribution >= 0.6 is 11.3 Å². The van der Waals surface area contributed by atoms with Crippen molar-refractivity contribution in [2.45, 2.75) is 24.8 Å². The maximum absolute atomic E-state index is 12.1. The molecular weight excluding hydrogens is 310 g/mol. The van der Waals surface area contributed by atoms with Crippen molar-refractivity contribution in [1.29, 1.82) is 0 Å². The average molecular weight is 329 g/mol. The molecule has 2 aromatic rings. The fourth-order valence-corrected chi connectivity index (χ4v) is 3.38. The van der Waals surface area contributed by atoms with Gasteiger partial charge >= 0.3 is 0 Å². The van der Waals surface area contributed by atoms with Crippen LogP contribution in [-0.4, -0.2) is 43.3 Å². The van der Waals surface area contributed by atoms with E-state index in [4.69, 9.17) is 0 Å². The zero-order valence-electron chi connectivity index (χ0n) is 12.0. The van der Waals surface area contributed by atoms with E-state index in [-0.39, 0.29) is 4.90 Å². The van der Waals surface area contributed by atoms with Gasteiger partial charge in [-0.1, -0.05) is 0 Å². The summed E-state index contributed by atoms with van der Waals surface area (Å²) < 4.78 is 28.4. The predicted molar refractivity (Wildman–Crippen MR) is 81.9 cm³/mol. The summed E-state index contributed by atoms with van der Waals surface area (Å²) in [6.07, 6.45) is 3.48. The Bertz CT molecular complexity index is 677. The van der Waals surface area contributed by atoms with Crippen LogP contribution in [0.15, 0.2) is 22.7 Å². The summed E-state index contributed by atoms with van der Waals surface area (Å²) >= 11 is 1.56. The van der Waals surface area contributed by atoms with Crippen LogP contribution in [0.5, 0.6) is 0 Å². The summed E-state index contributed by atoms with van der Waals surface area (Å²) in [5.41, 5.74) is 0.907. The first-order valence-corrected chi connectivity index (χ1v) is 8.95. The Morgan fingerprint density at radius 1 is 1.38 bits per heavy atom. The largest absolute Gasteiger partial charge is 0.318 e. The van der Waals surface area contributed by atoms with E-state index in [1.165, 1.54) is 12.4 Å². The van der Waals surface area contributed by atoms with Crippen molar-refractivity contribution in [2.75, 3.05) is 20.1 Å². The standard InChI is InChI=1S/C12H19N5O2S2/c1-10-16-11(9-20-10)3-4-15-21(18,19)12-7-14-17(8-12)6-5-13-2/h7-9,13,15H,3-6H2,1-2H3. The lowest BCUT2D eigenvalue weighted by Gasteiger charge is -2.03. The molecular formula is C12H19N5O2S2. The predicted octanol–water partition coefficient (Wildman–Crippen LogP) is 0.388. The molecule has 2 N–H and O–H groups in total. The van der Waals surface area contributed by atoms with Gasteiger partial charge in [0.05, 0.1) is 23.4 Å². The van der Waals surface area contributed by atoms with Crippen LogP contribution in [0.2, 0.25) is 0 Å². The highest BCUT2D eigenvalue weighted by Gasteiger charge is 2.16. The third-order valence-electron chi connectivity index (χ3n) is 2.85. The van der Waals surface area contributed by atoms with Crippen LogP contribution in [0.4, 0.5) is 0 Å². The van der Waals surface area contributed by atoms with Gasteiger partial charge in [0.1, 0.15) is 4.90 Å². The van der Waals surface area contributed by atoms with Crippen LogP contribution in [0.3, 0.4) is 0 Å². The molecule has 9 heteroatoms. The van der Waals surface area contributed by atoms with Gasteiger partial charge in [0.25, 0.3) is 0 Å². The number of likely N-dealkylation sites (N-methyl/N-ethyl adjacent to an activating group) is 1. The first kappa shape index (κ1) is 16.1. The van der Waals surface area contributed by atoms with Crippen molar-refractivity contribution >= 4 is 21.4 Å². The smallest absolute Gasteiger partial charge is 0.243 e. The second kappa shape index (κ2) is 7.12. The molecule has 0 unspecified atom stereocenters. The second-order valence-electron chi connectivity index (χ2n) is 4.55. The normalized spacial score (nSPS) is 11.9. The average Bonchev–Trinajstić information content (AvgIpc) is 3.06. The quantitative estimate of drug-likeness (QED) is 0.731. The zero-order valence-corrected chi connectivity index (χ0v) is 13.7. The lowest BCUT2D eigenvalue weighted by molar-refractivity contribution is 0.576. The minimum absolute atomic E-state index is 0.188. The van der Waals surface area contributed by atoms with E-state index < -0.39 is 10.0 Å². The van der Waals surface area contributed by atoms with E-state index >= 15 is 0 Å². The van der Waals surface area contributed by atoms with E-state index in [1.54, 1.807) is 16.0 Å². The molecule has 0 aliphatic carbocycles. The van der Waals surface area contributed by atoms with Gasteiger partial charge in [-0.3, -0.25) is 4.68 Å². The van der Waals surface area contributed by atoms with Gasteiger partial charge in [0.2, 0.25) is 10.0 Å². The molecule has 0 amide bonds. The number of aromatic nitrogens is 3. The van der Waals surface area contributed by atoms with Crippen LogP contribution in [-0.2, 0) is 23.0 Å². The number of hydrogen-bond acceptors (Lipinski definition) is 6. The Labute approximate surface area is 128 Å². The van der Waals surface area contributed by atoms with Crippen LogP contribution in [0, 0.1) is 6.92 Å². The Balaban J connectivity index is 1.90. The third kappa shape index (κ3) is 4.60. The SMILES string of the molecule is CNCCn1cc(S(=O)(=O)NCCc2csc(C)n2)cn1. The second-order valence-corrected chi connectivity index (χ2v) is 7.38. The summed E-state index contributed by atoms with van der Waals surface area (Å²) in [5, 5.41) is 9.95. The Morgan fingerprint density at radius 3 is 2.86 bits per heavy atom. The van der Waals surface area contributed by atoms with E-state index in [0.29, 0.717) is 19.5 Å². The van der Waals surface area contributed by atoms with Crippen molar-refractivity contribution in [3.05, 3.63) is 28.5 Å². The van der Waals surface area contributed by atoms with Gasteiger partial charge < -0.3 is 5.32 Å². The maximum Gasteiger partial charge on any atom is 0.243 e. The van der Waals surface area contributed by atoms with E-state index in [0.717, 1.165) is 17.2 Å². The fourth-order valence-electron chi connectivity index (χ4n) is 1.75. The van der Waals surface area contributed by atoms with E-state index in [9.17, 15) is 8.42 Å². The van der Waals surface area contributed by atoms with Gasteiger partial charge in [0.15, 0.2) is 0 Å². The number of hydrogen-bond donors (Lipinski definition) is 2. The summed E-state index contributed by atoms with van der Waals surface area (Å²) in [5.74, 6) is 0. The summed E-state index contributed by atoms with van der Waals surface area (Å²) in [6, 6.07) is 0. The summed E-state index contributed by atoms with van der Waals surface area (Å²) in [7, 11) is -1.67. The molecule has 0 saturated carbocycles. The zero-order chi connectivity index (χ0) is 15.3. The van der Waals surface area contributed by atoms with Crippen LogP contribution in [0.1, 0.15) is 10.7 Å². The molecule has 0 aliphatic heterocycles. The van der Waals surface area contributed by atoms with Gasteiger partial charge in [-0.15, -0.1) is 11.3 Å². The van der Waals surface area contributed by atoms with Crippen molar-refractivity contribution in [2.24, 2.45) is 0 Å². The molecule has 0 spiro atoms. The van der Waals surface area contributed by atoms with Crippen molar-refractivity contribution in [3.63, 3.8) is 0 Å². The number of nitrogens with zero attached hydrogens (tertiary/aromatic N) is 3. The number of sulfonamides is 1. The molecule has 0 aromatic carbocycles.